The van der Waals surface area contributed by atoms with Crippen molar-refractivity contribution in [2.45, 2.75) is 38.3 Å². The number of benzene rings is 3. The second kappa shape index (κ2) is 12.6. The number of hydrogen-bond acceptors (Lipinski definition) is 4. The van der Waals surface area contributed by atoms with Crippen LogP contribution in [0.3, 0.4) is 0 Å². The first-order chi connectivity index (χ1) is 17.5. The number of carbonyl (C=O) groups is 2. The Balaban J connectivity index is 2.02. The highest BCUT2D eigenvalue weighted by Gasteiger charge is 2.32. The smallest absolute Gasteiger partial charge is 0.264 e. The van der Waals surface area contributed by atoms with Crippen molar-refractivity contribution in [1.29, 1.82) is 0 Å². The van der Waals surface area contributed by atoms with Crippen molar-refractivity contribution in [2.24, 2.45) is 0 Å². The minimum Gasteiger partial charge on any atom is -0.355 e. The van der Waals surface area contributed by atoms with Crippen LogP contribution in [0.4, 0.5) is 5.69 Å². The second-order valence-electron chi connectivity index (χ2n) is 8.52. The first-order valence-electron chi connectivity index (χ1n) is 11.7. The molecule has 37 heavy (non-hydrogen) atoms. The largest absolute Gasteiger partial charge is 0.355 e. The van der Waals surface area contributed by atoms with E-state index in [9.17, 15) is 18.0 Å². The zero-order valence-corrected chi connectivity index (χ0v) is 24.0. The number of likely N-dealkylation sites (N-methyl/N-ethyl adjacent to an activating group) is 1. The summed E-state index contributed by atoms with van der Waals surface area (Å²) in [6, 6.07) is 19.3. The second-order valence-corrected chi connectivity index (χ2v) is 11.7. The minimum atomic E-state index is -4.10. The quantitative estimate of drug-likeness (QED) is 0.346. The molecule has 0 spiro atoms. The average molecular weight is 607 g/mol. The molecule has 1 N–H and O–H groups in total. The minimum absolute atomic E-state index is 0.0619. The monoisotopic (exact) mass is 605 g/mol. The van der Waals surface area contributed by atoms with E-state index < -0.39 is 28.5 Å². The third-order valence-corrected chi connectivity index (χ3v) is 8.30. The predicted octanol–water partition coefficient (Wildman–Crippen LogP) is 5.16. The zero-order chi connectivity index (χ0) is 27.2. The van der Waals surface area contributed by atoms with Crippen LogP contribution in [-0.4, -0.2) is 44.3 Å². The molecule has 2 amide bonds. The van der Waals surface area contributed by atoms with E-state index in [1.165, 1.54) is 17.0 Å². The van der Waals surface area contributed by atoms with Crippen LogP contribution in [0.1, 0.15) is 25.0 Å². The van der Waals surface area contributed by atoms with Crippen LogP contribution in [-0.2, 0) is 26.2 Å². The molecule has 196 valence electrons. The summed E-state index contributed by atoms with van der Waals surface area (Å²) in [5.41, 5.74) is 1.98. The molecule has 7 nitrogen and oxygen atoms in total. The molecule has 0 unspecified atom stereocenters. The number of nitrogens with zero attached hydrogens (tertiary/aromatic N) is 2. The maximum Gasteiger partial charge on any atom is 0.264 e. The summed E-state index contributed by atoms with van der Waals surface area (Å²) in [6.07, 6.45) is 0. The van der Waals surface area contributed by atoms with Crippen LogP contribution in [0.5, 0.6) is 0 Å². The van der Waals surface area contributed by atoms with Crippen molar-refractivity contribution in [3.63, 3.8) is 0 Å². The molecule has 3 aromatic rings. The first-order valence-corrected chi connectivity index (χ1v) is 14.3. The molecule has 0 aromatic heterocycles. The molecule has 3 rings (SSSR count). The number of anilines is 1. The summed E-state index contributed by atoms with van der Waals surface area (Å²) < 4.78 is 29.3. The van der Waals surface area contributed by atoms with Crippen LogP contribution in [0.15, 0.2) is 82.2 Å². The summed E-state index contributed by atoms with van der Waals surface area (Å²) in [4.78, 5) is 27.9. The summed E-state index contributed by atoms with van der Waals surface area (Å²) in [5, 5.41) is 3.28. The van der Waals surface area contributed by atoms with E-state index in [1.54, 1.807) is 74.5 Å². The van der Waals surface area contributed by atoms with E-state index >= 15 is 0 Å². The Kier molecular flexibility index (Phi) is 9.75. The highest BCUT2D eigenvalue weighted by molar-refractivity contribution is 9.10. The van der Waals surface area contributed by atoms with Gasteiger partial charge in [-0.2, -0.15) is 0 Å². The number of amides is 2. The Labute approximate surface area is 231 Å². The van der Waals surface area contributed by atoms with Crippen molar-refractivity contribution >= 4 is 55.1 Å². The SMILES string of the molecule is CCNC(=O)[C@H](C)N(Cc1ccc(Cl)cc1)C(=O)CN(c1cccc(Br)c1)S(=O)(=O)c1ccc(C)cc1. The summed E-state index contributed by atoms with van der Waals surface area (Å²) in [5.74, 6) is -0.857. The van der Waals surface area contributed by atoms with Gasteiger partial charge in [0, 0.05) is 22.6 Å². The maximum atomic E-state index is 13.8. The number of hydrogen-bond donors (Lipinski definition) is 1. The highest BCUT2D eigenvalue weighted by Crippen LogP contribution is 2.27. The molecular formula is C27H29BrClN3O4S. The van der Waals surface area contributed by atoms with Gasteiger partial charge in [0.15, 0.2) is 0 Å². The van der Waals surface area contributed by atoms with Crippen LogP contribution in [0, 0.1) is 6.92 Å². The van der Waals surface area contributed by atoms with Crippen molar-refractivity contribution in [2.75, 3.05) is 17.4 Å². The van der Waals surface area contributed by atoms with E-state index in [-0.39, 0.29) is 17.3 Å². The lowest BCUT2D eigenvalue weighted by atomic mass is 10.1. The fourth-order valence-corrected chi connectivity index (χ4v) is 5.61. The van der Waals surface area contributed by atoms with Gasteiger partial charge < -0.3 is 10.2 Å². The Morgan fingerprint density at radius 1 is 1.03 bits per heavy atom. The molecule has 0 bridgehead atoms. The molecule has 1 atom stereocenters. The van der Waals surface area contributed by atoms with E-state index in [2.05, 4.69) is 21.2 Å². The van der Waals surface area contributed by atoms with Gasteiger partial charge in [0.05, 0.1) is 10.6 Å². The van der Waals surface area contributed by atoms with Gasteiger partial charge in [0.1, 0.15) is 12.6 Å². The number of carbonyl (C=O) groups excluding carboxylic acids is 2. The lowest BCUT2D eigenvalue weighted by Gasteiger charge is -2.32. The molecule has 0 aliphatic heterocycles. The molecular weight excluding hydrogens is 578 g/mol. The molecule has 3 aromatic carbocycles. The summed E-state index contributed by atoms with van der Waals surface area (Å²) in [7, 11) is -4.10. The van der Waals surface area contributed by atoms with Gasteiger partial charge in [-0.3, -0.25) is 13.9 Å². The lowest BCUT2D eigenvalue weighted by molar-refractivity contribution is -0.139. The number of aryl methyl sites for hydroxylation is 1. The van der Waals surface area contributed by atoms with Crippen LogP contribution >= 0.6 is 27.5 Å². The standard InChI is InChI=1S/C27H29BrClN3O4S/c1-4-30-27(34)20(3)31(17-21-10-12-23(29)13-11-21)26(33)18-32(24-7-5-6-22(28)16-24)37(35,36)25-14-8-19(2)9-15-25/h5-16,20H,4,17-18H2,1-3H3,(H,30,34)/t20-/m0/s1. The fraction of sp³-hybridized carbons (Fsp3) is 0.259. The topological polar surface area (TPSA) is 86.8 Å². The zero-order valence-electron chi connectivity index (χ0n) is 20.8. The van der Waals surface area contributed by atoms with Crippen molar-refractivity contribution in [3.05, 3.63) is 93.4 Å². The Morgan fingerprint density at radius 2 is 1.68 bits per heavy atom. The van der Waals surface area contributed by atoms with Gasteiger partial charge in [-0.15, -0.1) is 0 Å². The third-order valence-electron chi connectivity index (χ3n) is 5.77. The molecule has 0 radical (unpaired) electrons. The Hall–Kier alpha value is -2.88. The van der Waals surface area contributed by atoms with Gasteiger partial charge in [0.2, 0.25) is 11.8 Å². The van der Waals surface area contributed by atoms with Gasteiger partial charge in [0.25, 0.3) is 10.0 Å². The molecule has 0 saturated carbocycles. The van der Waals surface area contributed by atoms with Crippen LogP contribution in [0.25, 0.3) is 0 Å². The van der Waals surface area contributed by atoms with Gasteiger partial charge in [-0.1, -0.05) is 63.4 Å². The van der Waals surface area contributed by atoms with Crippen LogP contribution in [0.2, 0.25) is 5.02 Å². The van der Waals surface area contributed by atoms with E-state index in [0.29, 0.717) is 21.7 Å². The van der Waals surface area contributed by atoms with Crippen LogP contribution < -0.4 is 9.62 Å². The number of rotatable bonds is 10. The summed E-state index contributed by atoms with van der Waals surface area (Å²) in [6.45, 7) is 5.28. The molecule has 0 aliphatic carbocycles. The summed E-state index contributed by atoms with van der Waals surface area (Å²) >= 11 is 9.40. The Bertz CT molecular complexity index is 1350. The van der Waals surface area contributed by atoms with Crippen molar-refractivity contribution in [1.82, 2.24) is 10.2 Å². The molecule has 0 saturated heterocycles. The third kappa shape index (κ3) is 7.34. The fourth-order valence-electron chi connectivity index (χ4n) is 3.69. The number of nitrogens with one attached hydrogen (secondary N) is 1. The van der Waals surface area contributed by atoms with Crippen molar-refractivity contribution in [3.8, 4) is 0 Å². The predicted molar refractivity (Wildman–Crippen MR) is 150 cm³/mol. The van der Waals surface area contributed by atoms with E-state index in [4.69, 9.17) is 11.6 Å². The lowest BCUT2D eigenvalue weighted by Crippen LogP contribution is -2.51. The highest BCUT2D eigenvalue weighted by atomic mass is 79.9. The first kappa shape index (κ1) is 28.7. The van der Waals surface area contributed by atoms with E-state index in [0.717, 1.165) is 15.4 Å². The molecule has 0 fully saturated rings. The van der Waals surface area contributed by atoms with Gasteiger partial charge >= 0.3 is 0 Å². The van der Waals surface area contributed by atoms with Gasteiger partial charge in [-0.05, 0) is 68.8 Å². The van der Waals surface area contributed by atoms with E-state index in [1.807, 2.05) is 6.92 Å². The molecule has 10 heteroatoms. The number of sulfonamides is 1. The van der Waals surface area contributed by atoms with Crippen molar-refractivity contribution < 1.29 is 18.0 Å². The normalized spacial score (nSPS) is 12.0. The van der Waals surface area contributed by atoms with Gasteiger partial charge in [-0.25, -0.2) is 8.42 Å². The molecule has 0 heterocycles. The molecule has 0 aliphatic rings. The Morgan fingerprint density at radius 3 is 2.27 bits per heavy atom. The average Bonchev–Trinajstić information content (AvgIpc) is 2.86. The maximum absolute atomic E-state index is 13.8. The number of halogens is 2.